The van der Waals surface area contributed by atoms with Gasteiger partial charge in [-0.25, -0.2) is 8.42 Å². The number of aromatic nitrogens is 2. The van der Waals surface area contributed by atoms with E-state index < -0.39 is 15.9 Å². The molecule has 2 heterocycles. The van der Waals surface area contributed by atoms with Crippen molar-refractivity contribution in [3.63, 3.8) is 0 Å². The van der Waals surface area contributed by atoms with Crippen LogP contribution in [0, 0.1) is 5.92 Å². The molecule has 1 aromatic heterocycles. The van der Waals surface area contributed by atoms with Crippen molar-refractivity contribution < 1.29 is 18.3 Å². The summed E-state index contributed by atoms with van der Waals surface area (Å²) in [6.45, 7) is 0.912. The van der Waals surface area contributed by atoms with Gasteiger partial charge in [0.25, 0.3) is 0 Å². The second-order valence-corrected chi connectivity index (χ2v) is 7.34. The van der Waals surface area contributed by atoms with Gasteiger partial charge in [0.05, 0.1) is 41.6 Å². The lowest BCUT2D eigenvalue weighted by atomic mass is 9.99. The van der Waals surface area contributed by atoms with E-state index in [2.05, 4.69) is 5.10 Å². The van der Waals surface area contributed by atoms with Crippen molar-refractivity contribution in [1.82, 2.24) is 9.78 Å². The molecule has 0 saturated carbocycles. The molecule has 1 N–H and O–H groups in total. The second-order valence-electron chi connectivity index (χ2n) is 4.70. The monoisotopic (exact) mass is 308 g/mol. The summed E-state index contributed by atoms with van der Waals surface area (Å²) >= 11 is 6.03. The minimum Gasteiger partial charge on any atom is -0.386 e. The molecule has 108 valence electrons. The van der Waals surface area contributed by atoms with Gasteiger partial charge in [-0.05, 0) is 6.42 Å². The fourth-order valence-corrected chi connectivity index (χ4v) is 4.40. The zero-order valence-corrected chi connectivity index (χ0v) is 12.2. The normalized spacial score (nSPS) is 23.6. The molecule has 2 rings (SSSR count). The Bertz CT molecular complexity index is 543. The number of halogens is 1. The van der Waals surface area contributed by atoms with Crippen LogP contribution in [0.1, 0.15) is 18.2 Å². The maximum Gasteiger partial charge on any atom is 0.150 e. The van der Waals surface area contributed by atoms with Crippen LogP contribution in [0.3, 0.4) is 0 Å². The Morgan fingerprint density at radius 3 is 3.00 bits per heavy atom. The number of ether oxygens (including phenoxy) is 1. The van der Waals surface area contributed by atoms with E-state index in [1.165, 1.54) is 6.20 Å². The van der Waals surface area contributed by atoms with Crippen LogP contribution in [0.4, 0.5) is 0 Å². The van der Waals surface area contributed by atoms with Crippen molar-refractivity contribution in [2.45, 2.75) is 19.1 Å². The number of aliphatic hydroxyl groups is 1. The van der Waals surface area contributed by atoms with E-state index in [1.54, 1.807) is 11.8 Å². The van der Waals surface area contributed by atoms with Crippen molar-refractivity contribution in [2.24, 2.45) is 5.92 Å². The van der Waals surface area contributed by atoms with Gasteiger partial charge < -0.3 is 9.84 Å². The van der Waals surface area contributed by atoms with E-state index in [0.29, 0.717) is 30.3 Å². The molecular weight excluding hydrogens is 292 g/mol. The highest BCUT2D eigenvalue weighted by Gasteiger charge is 2.35. The number of nitrogens with zero attached hydrogens (tertiary/aromatic N) is 2. The van der Waals surface area contributed by atoms with Gasteiger partial charge in [-0.15, -0.1) is 0 Å². The van der Waals surface area contributed by atoms with E-state index in [-0.39, 0.29) is 17.4 Å². The quantitative estimate of drug-likeness (QED) is 0.864. The smallest absolute Gasteiger partial charge is 0.150 e. The van der Waals surface area contributed by atoms with Gasteiger partial charge >= 0.3 is 0 Å². The average molecular weight is 309 g/mol. The minimum atomic E-state index is -3.03. The van der Waals surface area contributed by atoms with Crippen LogP contribution in [-0.2, 0) is 21.1 Å². The van der Waals surface area contributed by atoms with Crippen molar-refractivity contribution in [3.8, 4) is 0 Å². The standard InChI is InChI=1S/C11H17ClN2O4S/c1-18-4-3-14-10(9(12)6-13-14)11(15)8-2-5-19(16,17)7-8/h6,8,11,15H,2-5,7H2,1H3. The van der Waals surface area contributed by atoms with Gasteiger partial charge in [0.2, 0.25) is 0 Å². The first kappa shape index (κ1) is 14.8. The van der Waals surface area contributed by atoms with Crippen molar-refractivity contribution in [3.05, 3.63) is 16.9 Å². The third-order valence-corrected chi connectivity index (χ3v) is 5.42. The number of rotatable bonds is 5. The van der Waals surface area contributed by atoms with E-state index >= 15 is 0 Å². The van der Waals surface area contributed by atoms with Crippen LogP contribution < -0.4 is 0 Å². The first-order chi connectivity index (χ1) is 8.94. The molecule has 1 saturated heterocycles. The third-order valence-electron chi connectivity index (χ3n) is 3.33. The zero-order chi connectivity index (χ0) is 14.0. The van der Waals surface area contributed by atoms with Gasteiger partial charge in [0.15, 0.2) is 9.84 Å². The van der Waals surface area contributed by atoms with Crippen molar-refractivity contribution in [1.29, 1.82) is 0 Å². The molecule has 8 heteroatoms. The summed E-state index contributed by atoms with van der Waals surface area (Å²) in [6, 6.07) is 0. The van der Waals surface area contributed by atoms with Gasteiger partial charge in [-0.1, -0.05) is 11.6 Å². The Labute approximate surface area is 117 Å². The second kappa shape index (κ2) is 5.78. The minimum absolute atomic E-state index is 0.0000463. The van der Waals surface area contributed by atoms with Crippen LogP contribution in [0.25, 0.3) is 0 Å². The highest BCUT2D eigenvalue weighted by Crippen LogP contribution is 2.34. The summed E-state index contributed by atoms with van der Waals surface area (Å²) in [5.41, 5.74) is 0.473. The van der Waals surface area contributed by atoms with E-state index in [0.717, 1.165) is 0 Å². The molecule has 0 amide bonds. The first-order valence-electron chi connectivity index (χ1n) is 6.03. The summed E-state index contributed by atoms with van der Waals surface area (Å²) in [4.78, 5) is 0. The highest BCUT2D eigenvalue weighted by atomic mass is 35.5. The molecule has 1 aliphatic rings. The molecule has 1 aromatic rings. The van der Waals surface area contributed by atoms with Crippen LogP contribution in [-0.4, -0.2) is 48.5 Å². The summed E-state index contributed by atoms with van der Waals surface area (Å²) in [5, 5.41) is 14.8. The lowest BCUT2D eigenvalue weighted by Crippen LogP contribution is -2.20. The Morgan fingerprint density at radius 2 is 2.42 bits per heavy atom. The van der Waals surface area contributed by atoms with Gasteiger partial charge in [-0.3, -0.25) is 4.68 Å². The molecule has 0 bridgehead atoms. The van der Waals surface area contributed by atoms with E-state index in [9.17, 15) is 13.5 Å². The van der Waals surface area contributed by atoms with Crippen LogP contribution >= 0.6 is 11.6 Å². The molecule has 2 atom stereocenters. The fraction of sp³-hybridized carbons (Fsp3) is 0.727. The van der Waals surface area contributed by atoms with E-state index in [1.807, 2.05) is 0 Å². The SMILES string of the molecule is COCCn1ncc(Cl)c1C(O)C1CCS(=O)(=O)C1. The molecule has 1 aliphatic heterocycles. The maximum absolute atomic E-state index is 11.5. The molecule has 0 aromatic carbocycles. The predicted molar refractivity (Wildman–Crippen MR) is 70.8 cm³/mol. The Kier molecular flexibility index (Phi) is 4.50. The van der Waals surface area contributed by atoms with Gasteiger partial charge in [0.1, 0.15) is 6.10 Å². The molecule has 0 spiro atoms. The number of sulfone groups is 1. The lowest BCUT2D eigenvalue weighted by Gasteiger charge is -2.18. The Hall–Kier alpha value is -0.630. The van der Waals surface area contributed by atoms with Crippen LogP contribution in [0.5, 0.6) is 0 Å². The van der Waals surface area contributed by atoms with Gasteiger partial charge in [-0.2, -0.15) is 5.10 Å². The summed E-state index contributed by atoms with van der Waals surface area (Å²) in [7, 11) is -1.46. The summed E-state index contributed by atoms with van der Waals surface area (Å²) < 4.78 is 29.5. The zero-order valence-electron chi connectivity index (χ0n) is 10.6. The number of hydrogen-bond donors (Lipinski definition) is 1. The first-order valence-corrected chi connectivity index (χ1v) is 8.23. The maximum atomic E-state index is 11.5. The number of methoxy groups -OCH3 is 1. The fourth-order valence-electron chi connectivity index (χ4n) is 2.32. The molecule has 6 nitrogen and oxygen atoms in total. The van der Waals surface area contributed by atoms with Crippen LogP contribution in [0.15, 0.2) is 6.20 Å². The number of aliphatic hydroxyl groups excluding tert-OH is 1. The molecular formula is C11H17ClN2O4S. The highest BCUT2D eigenvalue weighted by molar-refractivity contribution is 7.91. The lowest BCUT2D eigenvalue weighted by molar-refractivity contribution is 0.107. The number of hydrogen-bond acceptors (Lipinski definition) is 5. The van der Waals surface area contributed by atoms with Crippen molar-refractivity contribution >= 4 is 21.4 Å². The van der Waals surface area contributed by atoms with Crippen molar-refractivity contribution in [2.75, 3.05) is 25.2 Å². The summed E-state index contributed by atoms with van der Waals surface area (Å²) in [6.07, 6.45) is 0.998. The largest absolute Gasteiger partial charge is 0.386 e. The molecule has 19 heavy (non-hydrogen) atoms. The van der Waals surface area contributed by atoms with E-state index in [4.69, 9.17) is 16.3 Å². The predicted octanol–water partition coefficient (Wildman–Crippen LogP) is 0.651. The summed E-state index contributed by atoms with van der Waals surface area (Å²) in [5.74, 6) is -0.195. The molecule has 0 radical (unpaired) electrons. The molecule has 2 unspecified atom stereocenters. The Balaban J connectivity index is 2.19. The average Bonchev–Trinajstić information content (AvgIpc) is 2.89. The van der Waals surface area contributed by atoms with Crippen LogP contribution in [0.2, 0.25) is 5.02 Å². The third kappa shape index (κ3) is 3.28. The molecule has 1 fully saturated rings. The Morgan fingerprint density at radius 1 is 1.68 bits per heavy atom. The van der Waals surface area contributed by atoms with Gasteiger partial charge in [0, 0.05) is 13.0 Å². The molecule has 0 aliphatic carbocycles. The topological polar surface area (TPSA) is 81.4 Å².